The first-order valence-corrected chi connectivity index (χ1v) is 4.27. The molecule has 0 amide bonds. The largest absolute Gasteiger partial charge is 0.243 e. The molecule has 0 atom stereocenters. The molecule has 2 nitrogen and oxygen atoms in total. The molecule has 2 heteroatoms. The minimum atomic E-state index is 0.956. The molecule has 0 aliphatic carbocycles. The Kier molecular flexibility index (Phi) is 1.89. The van der Waals surface area contributed by atoms with Gasteiger partial charge >= 0.3 is 0 Å². The molecule has 0 N–H and O–H groups in total. The third kappa shape index (κ3) is 1.47. The third-order valence-corrected chi connectivity index (χ3v) is 2.12. The second-order valence-electron chi connectivity index (χ2n) is 3.23. The van der Waals surface area contributed by atoms with Crippen LogP contribution in [0.25, 0.3) is 5.70 Å². The maximum Gasteiger partial charge on any atom is 0.116 e. The SMILES string of the molecule is Cc1ccc(C2=C[N]C=N2)c(C)c1. The van der Waals surface area contributed by atoms with Crippen LogP contribution in [0.2, 0.25) is 0 Å². The summed E-state index contributed by atoms with van der Waals surface area (Å²) in [5, 5.41) is 3.95. The molecule has 0 fully saturated rings. The van der Waals surface area contributed by atoms with Crippen LogP contribution >= 0.6 is 0 Å². The van der Waals surface area contributed by atoms with Gasteiger partial charge in [0, 0.05) is 5.56 Å². The minimum absolute atomic E-state index is 0.956. The normalized spacial score (nSPS) is 14.2. The lowest BCUT2D eigenvalue weighted by Gasteiger charge is -2.04. The van der Waals surface area contributed by atoms with E-state index < -0.39 is 0 Å². The predicted molar refractivity (Wildman–Crippen MR) is 54.5 cm³/mol. The van der Waals surface area contributed by atoms with E-state index in [0.29, 0.717) is 0 Å². The van der Waals surface area contributed by atoms with E-state index in [1.54, 1.807) is 12.5 Å². The van der Waals surface area contributed by atoms with Crippen LogP contribution in [0.5, 0.6) is 0 Å². The highest BCUT2D eigenvalue weighted by molar-refractivity contribution is 5.80. The van der Waals surface area contributed by atoms with Gasteiger partial charge in [-0.25, -0.2) is 10.3 Å². The van der Waals surface area contributed by atoms with Gasteiger partial charge in [0.05, 0.1) is 11.9 Å². The van der Waals surface area contributed by atoms with E-state index in [9.17, 15) is 0 Å². The van der Waals surface area contributed by atoms with E-state index in [2.05, 4.69) is 42.4 Å². The monoisotopic (exact) mass is 171 g/mol. The highest BCUT2D eigenvalue weighted by atomic mass is 15.0. The molecular formula is C11H11N2. The van der Waals surface area contributed by atoms with Gasteiger partial charge in [-0.1, -0.05) is 23.8 Å². The first-order chi connectivity index (χ1) is 6.27. The lowest BCUT2D eigenvalue weighted by atomic mass is 10.0. The molecule has 1 heterocycles. The Bertz CT molecular complexity index is 389. The highest BCUT2D eigenvalue weighted by Gasteiger charge is 2.06. The number of aliphatic imine (C=N–C) groups is 1. The molecule has 2 rings (SSSR count). The second kappa shape index (κ2) is 3.05. The van der Waals surface area contributed by atoms with Crippen LogP contribution in [-0.2, 0) is 0 Å². The Balaban J connectivity index is 2.46. The van der Waals surface area contributed by atoms with Crippen LogP contribution in [0.3, 0.4) is 0 Å². The summed E-state index contributed by atoms with van der Waals surface area (Å²) in [6, 6.07) is 6.34. The first kappa shape index (κ1) is 8.05. The molecule has 0 bridgehead atoms. The van der Waals surface area contributed by atoms with Crippen molar-refractivity contribution in [1.29, 1.82) is 0 Å². The molecule has 1 aromatic rings. The molecule has 13 heavy (non-hydrogen) atoms. The Hall–Kier alpha value is -1.57. The predicted octanol–water partition coefficient (Wildman–Crippen LogP) is 2.25. The molecule has 0 saturated heterocycles. The summed E-state index contributed by atoms with van der Waals surface area (Å²) >= 11 is 0. The Labute approximate surface area is 78.0 Å². The summed E-state index contributed by atoms with van der Waals surface area (Å²) in [7, 11) is 0. The van der Waals surface area contributed by atoms with Crippen molar-refractivity contribution in [1.82, 2.24) is 5.32 Å². The van der Waals surface area contributed by atoms with Crippen molar-refractivity contribution < 1.29 is 0 Å². The smallest absolute Gasteiger partial charge is 0.116 e. The molecule has 1 aromatic carbocycles. The van der Waals surface area contributed by atoms with Crippen LogP contribution in [0, 0.1) is 13.8 Å². The Morgan fingerprint density at radius 1 is 1.15 bits per heavy atom. The fourth-order valence-corrected chi connectivity index (χ4v) is 1.47. The van der Waals surface area contributed by atoms with Gasteiger partial charge in [0.25, 0.3) is 0 Å². The summed E-state index contributed by atoms with van der Waals surface area (Å²) in [6.45, 7) is 4.18. The van der Waals surface area contributed by atoms with Crippen molar-refractivity contribution in [3.63, 3.8) is 0 Å². The molecule has 1 aliphatic rings. The molecule has 0 unspecified atom stereocenters. The molecular weight excluding hydrogens is 160 g/mol. The molecule has 65 valence electrons. The average molecular weight is 171 g/mol. The summed E-state index contributed by atoms with van der Waals surface area (Å²) in [6.07, 6.45) is 3.37. The van der Waals surface area contributed by atoms with Crippen molar-refractivity contribution in [2.24, 2.45) is 4.99 Å². The van der Waals surface area contributed by atoms with Gasteiger partial charge in [-0.15, -0.1) is 0 Å². The van der Waals surface area contributed by atoms with Gasteiger partial charge < -0.3 is 0 Å². The number of rotatable bonds is 1. The van der Waals surface area contributed by atoms with Gasteiger partial charge in [0.1, 0.15) is 6.34 Å². The maximum atomic E-state index is 4.17. The Morgan fingerprint density at radius 2 is 2.00 bits per heavy atom. The van der Waals surface area contributed by atoms with E-state index in [1.807, 2.05) is 0 Å². The summed E-state index contributed by atoms with van der Waals surface area (Å²) in [4.78, 5) is 4.17. The minimum Gasteiger partial charge on any atom is -0.243 e. The van der Waals surface area contributed by atoms with Crippen molar-refractivity contribution in [3.8, 4) is 0 Å². The van der Waals surface area contributed by atoms with Crippen LogP contribution in [0.15, 0.2) is 29.4 Å². The Morgan fingerprint density at radius 3 is 2.62 bits per heavy atom. The quantitative estimate of drug-likeness (QED) is 0.619. The van der Waals surface area contributed by atoms with Crippen LogP contribution in [0.4, 0.5) is 0 Å². The zero-order valence-corrected chi connectivity index (χ0v) is 7.78. The van der Waals surface area contributed by atoms with Crippen molar-refractivity contribution in [2.75, 3.05) is 0 Å². The average Bonchev–Trinajstić information content (AvgIpc) is 2.56. The zero-order valence-electron chi connectivity index (χ0n) is 7.78. The topological polar surface area (TPSA) is 26.5 Å². The van der Waals surface area contributed by atoms with Crippen LogP contribution < -0.4 is 5.32 Å². The van der Waals surface area contributed by atoms with Gasteiger partial charge in [0.15, 0.2) is 0 Å². The molecule has 1 radical (unpaired) electrons. The number of aryl methyl sites for hydroxylation is 2. The van der Waals surface area contributed by atoms with E-state index >= 15 is 0 Å². The molecule has 1 aliphatic heterocycles. The van der Waals surface area contributed by atoms with Crippen molar-refractivity contribution in [3.05, 3.63) is 41.1 Å². The maximum absolute atomic E-state index is 4.17. The lowest BCUT2D eigenvalue weighted by Crippen LogP contribution is -1.86. The van der Waals surface area contributed by atoms with E-state index in [4.69, 9.17) is 0 Å². The summed E-state index contributed by atoms with van der Waals surface area (Å²) in [5.74, 6) is 0. The van der Waals surface area contributed by atoms with E-state index in [-0.39, 0.29) is 0 Å². The summed E-state index contributed by atoms with van der Waals surface area (Å²) < 4.78 is 0. The highest BCUT2D eigenvalue weighted by Crippen LogP contribution is 2.21. The lowest BCUT2D eigenvalue weighted by molar-refractivity contribution is 1.32. The van der Waals surface area contributed by atoms with Crippen LogP contribution in [-0.4, -0.2) is 6.34 Å². The number of benzene rings is 1. The number of nitrogens with zero attached hydrogens (tertiary/aromatic N) is 2. The van der Waals surface area contributed by atoms with Crippen LogP contribution in [0.1, 0.15) is 16.7 Å². The van der Waals surface area contributed by atoms with Gasteiger partial charge in [-0.3, -0.25) is 0 Å². The summed E-state index contributed by atoms with van der Waals surface area (Å²) in [5.41, 5.74) is 4.65. The zero-order chi connectivity index (χ0) is 9.26. The second-order valence-corrected chi connectivity index (χ2v) is 3.23. The first-order valence-electron chi connectivity index (χ1n) is 4.27. The molecule has 0 aromatic heterocycles. The number of hydrogen-bond acceptors (Lipinski definition) is 1. The fraction of sp³-hybridized carbons (Fsp3) is 0.182. The van der Waals surface area contributed by atoms with Gasteiger partial charge in [0.2, 0.25) is 0 Å². The number of hydrogen-bond donors (Lipinski definition) is 0. The fourth-order valence-electron chi connectivity index (χ4n) is 1.47. The van der Waals surface area contributed by atoms with Gasteiger partial charge in [-0.2, -0.15) is 0 Å². The standard InChI is InChI=1S/C11H11N2/c1-8-3-4-10(9(2)5-8)11-6-12-7-13-11/h3-7H,1-2H3. The van der Waals surface area contributed by atoms with E-state index in [0.717, 1.165) is 5.70 Å². The van der Waals surface area contributed by atoms with E-state index in [1.165, 1.54) is 16.7 Å². The molecule has 0 saturated carbocycles. The molecule has 0 spiro atoms. The van der Waals surface area contributed by atoms with Crippen molar-refractivity contribution >= 4 is 12.0 Å². The van der Waals surface area contributed by atoms with Gasteiger partial charge in [-0.05, 0) is 19.4 Å². The van der Waals surface area contributed by atoms with Crippen molar-refractivity contribution in [2.45, 2.75) is 13.8 Å². The third-order valence-electron chi connectivity index (χ3n) is 2.12.